The van der Waals surface area contributed by atoms with Gasteiger partial charge >= 0.3 is 0 Å². The third kappa shape index (κ3) is 3.28. The summed E-state index contributed by atoms with van der Waals surface area (Å²) in [5.74, 6) is -0.613. The van der Waals surface area contributed by atoms with Gasteiger partial charge < -0.3 is 4.90 Å². The van der Waals surface area contributed by atoms with Gasteiger partial charge in [-0.3, -0.25) is 14.9 Å². The molecule has 1 unspecified atom stereocenters. The van der Waals surface area contributed by atoms with E-state index in [2.05, 4.69) is 0 Å². The van der Waals surface area contributed by atoms with Gasteiger partial charge in [-0.05, 0) is 13.0 Å². The first-order chi connectivity index (χ1) is 8.45. The second-order valence-corrected chi connectivity index (χ2v) is 4.02. The van der Waals surface area contributed by atoms with Crippen molar-refractivity contribution in [1.82, 2.24) is 4.90 Å². The number of hydrogen-bond donors (Lipinski definition) is 0. The maximum Gasteiger partial charge on any atom is 0.270 e. The van der Waals surface area contributed by atoms with Gasteiger partial charge in [0.05, 0.1) is 16.9 Å². The van der Waals surface area contributed by atoms with Gasteiger partial charge in [0, 0.05) is 31.3 Å². The van der Waals surface area contributed by atoms with E-state index < -0.39 is 4.92 Å². The quantitative estimate of drug-likeness (QED) is 0.599. The highest BCUT2D eigenvalue weighted by Crippen LogP contribution is 2.14. The molecule has 0 saturated heterocycles. The molecule has 0 bridgehead atoms. The molecule has 0 N–H and O–H groups in total. The lowest BCUT2D eigenvalue weighted by Crippen LogP contribution is -2.30. The molecule has 0 saturated carbocycles. The van der Waals surface area contributed by atoms with Crippen molar-refractivity contribution in [1.29, 1.82) is 5.26 Å². The summed E-state index contributed by atoms with van der Waals surface area (Å²) in [4.78, 5) is 23.4. The summed E-state index contributed by atoms with van der Waals surface area (Å²) in [6, 6.07) is 7.57. The van der Waals surface area contributed by atoms with Gasteiger partial charge in [-0.1, -0.05) is 6.07 Å². The third-order valence-electron chi connectivity index (χ3n) is 2.42. The zero-order chi connectivity index (χ0) is 13.7. The van der Waals surface area contributed by atoms with E-state index in [0.29, 0.717) is 0 Å². The van der Waals surface area contributed by atoms with Crippen LogP contribution in [0.2, 0.25) is 0 Å². The summed E-state index contributed by atoms with van der Waals surface area (Å²) >= 11 is 0. The highest BCUT2D eigenvalue weighted by Gasteiger charge is 2.16. The van der Waals surface area contributed by atoms with Crippen molar-refractivity contribution in [2.75, 3.05) is 13.6 Å². The van der Waals surface area contributed by atoms with Crippen molar-refractivity contribution in [3.05, 3.63) is 39.9 Å². The van der Waals surface area contributed by atoms with Crippen molar-refractivity contribution in [2.24, 2.45) is 5.92 Å². The second-order valence-electron chi connectivity index (χ2n) is 4.02. The summed E-state index contributed by atoms with van der Waals surface area (Å²) < 4.78 is 0. The van der Waals surface area contributed by atoms with Gasteiger partial charge in [0.15, 0.2) is 0 Å². The van der Waals surface area contributed by atoms with Gasteiger partial charge in [0.25, 0.3) is 11.6 Å². The number of nitriles is 1. The predicted octanol–water partition coefficient (Wildman–Crippen LogP) is 1.83. The lowest BCUT2D eigenvalue weighted by molar-refractivity contribution is -0.384. The minimum atomic E-state index is -0.547. The highest BCUT2D eigenvalue weighted by molar-refractivity contribution is 5.94. The molecule has 1 aromatic rings. The molecular formula is C12H13N3O3. The van der Waals surface area contributed by atoms with Gasteiger partial charge in [-0.25, -0.2) is 0 Å². The maximum atomic E-state index is 12.0. The molecule has 1 amide bonds. The van der Waals surface area contributed by atoms with E-state index in [1.165, 1.54) is 29.2 Å². The normalized spacial score (nSPS) is 11.4. The maximum absolute atomic E-state index is 12.0. The molecule has 0 aliphatic rings. The molecule has 1 aromatic carbocycles. The van der Waals surface area contributed by atoms with Crippen LogP contribution in [0.1, 0.15) is 17.3 Å². The Bertz CT molecular complexity index is 508. The van der Waals surface area contributed by atoms with E-state index >= 15 is 0 Å². The standard InChI is InChI=1S/C12H13N3O3/c1-9(7-13)8-14(2)12(16)10-4-3-5-11(6-10)15(17)18/h3-6,9H,8H2,1-2H3. The van der Waals surface area contributed by atoms with E-state index in [-0.39, 0.29) is 29.6 Å². The van der Waals surface area contributed by atoms with E-state index in [1.807, 2.05) is 6.07 Å². The summed E-state index contributed by atoms with van der Waals surface area (Å²) in [6.45, 7) is 2.00. The van der Waals surface area contributed by atoms with Gasteiger partial charge in [0.2, 0.25) is 0 Å². The van der Waals surface area contributed by atoms with Gasteiger partial charge in [0.1, 0.15) is 0 Å². The molecule has 0 spiro atoms. The lowest BCUT2D eigenvalue weighted by atomic mass is 10.1. The van der Waals surface area contributed by atoms with Crippen LogP contribution in [0.15, 0.2) is 24.3 Å². The summed E-state index contributed by atoms with van der Waals surface area (Å²) in [5, 5.41) is 19.3. The van der Waals surface area contributed by atoms with Crippen molar-refractivity contribution in [2.45, 2.75) is 6.92 Å². The molecule has 1 rings (SSSR count). The number of amides is 1. The minimum absolute atomic E-state index is 0.123. The zero-order valence-electron chi connectivity index (χ0n) is 10.2. The molecule has 0 radical (unpaired) electrons. The van der Waals surface area contributed by atoms with E-state index in [9.17, 15) is 14.9 Å². The Hall–Kier alpha value is -2.42. The van der Waals surface area contributed by atoms with Crippen LogP contribution in [0.5, 0.6) is 0 Å². The van der Waals surface area contributed by atoms with Crippen LogP contribution >= 0.6 is 0 Å². The van der Waals surface area contributed by atoms with Crippen LogP contribution in [0.25, 0.3) is 0 Å². The molecule has 0 heterocycles. The first-order valence-corrected chi connectivity index (χ1v) is 5.35. The Balaban J connectivity index is 2.87. The zero-order valence-corrected chi connectivity index (χ0v) is 10.2. The molecule has 0 fully saturated rings. The number of nitro benzene ring substituents is 1. The molecule has 18 heavy (non-hydrogen) atoms. The number of non-ortho nitro benzene ring substituents is 1. The molecule has 0 aromatic heterocycles. The number of rotatable bonds is 4. The summed E-state index contributed by atoms with van der Waals surface area (Å²) in [6.07, 6.45) is 0. The molecule has 1 atom stereocenters. The Kier molecular flexibility index (Phi) is 4.38. The van der Waals surface area contributed by atoms with Crippen LogP contribution in [-0.4, -0.2) is 29.3 Å². The van der Waals surface area contributed by atoms with E-state index in [0.717, 1.165) is 0 Å². The average Bonchev–Trinajstić information content (AvgIpc) is 2.37. The lowest BCUT2D eigenvalue weighted by Gasteiger charge is -2.18. The fraction of sp³-hybridized carbons (Fsp3) is 0.333. The number of carbonyl (C=O) groups is 1. The van der Waals surface area contributed by atoms with Crippen molar-refractivity contribution < 1.29 is 9.72 Å². The SMILES string of the molecule is CC(C#N)CN(C)C(=O)c1cccc([N+](=O)[O-])c1. The minimum Gasteiger partial charge on any atom is -0.340 e. The predicted molar refractivity (Wildman–Crippen MR) is 64.8 cm³/mol. The fourth-order valence-electron chi connectivity index (χ4n) is 1.51. The molecule has 0 aliphatic carbocycles. The van der Waals surface area contributed by atoms with Crippen molar-refractivity contribution in [3.63, 3.8) is 0 Å². The Morgan fingerprint density at radius 1 is 1.61 bits per heavy atom. The largest absolute Gasteiger partial charge is 0.340 e. The third-order valence-corrected chi connectivity index (χ3v) is 2.42. The number of carbonyl (C=O) groups excluding carboxylic acids is 1. The second kappa shape index (κ2) is 5.77. The van der Waals surface area contributed by atoms with Gasteiger partial charge in [-0.2, -0.15) is 5.26 Å². The molecule has 6 heteroatoms. The monoisotopic (exact) mass is 247 g/mol. The number of benzene rings is 1. The van der Waals surface area contributed by atoms with Crippen LogP contribution < -0.4 is 0 Å². The summed E-state index contributed by atoms with van der Waals surface area (Å²) in [5.41, 5.74) is 0.124. The van der Waals surface area contributed by atoms with Crippen LogP contribution in [0.3, 0.4) is 0 Å². The number of nitrogens with zero attached hydrogens (tertiary/aromatic N) is 3. The van der Waals surface area contributed by atoms with Crippen LogP contribution in [0.4, 0.5) is 5.69 Å². The van der Waals surface area contributed by atoms with Crippen LogP contribution in [0, 0.1) is 27.4 Å². The molecule has 6 nitrogen and oxygen atoms in total. The Morgan fingerprint density at radius 2 is 2.28 bits per heavy atom. The highest BCUT2D eigenvalue weighted by atomic mass is 16.6. The molecule has 94 valence electrons. The molecule has 0 aliphatic heterocycles. The fourth-order valence-corrected chi connectivity index (χ4v) is 1.51. The smallest absolute Gasteiger partial charge is 0.270 e. The first kappa shape index (κ1) is 13.6. The Morgan fingerprint density at radius 3 is 2.83 bits per heavy atom. The van der Waals surface area contributed by atoms with Crippen molar-refractivity contribution in [3.8, 4) is 6.07 Å². The average molecular weight is 247 g/mol. The molecular weight excluding hydrogens is 234 g/mol. The summed E-state index contributed by atoms with van der Waals surface area (Å²) in [7, 11) is 1.56. The first-order valence-electron chi connectivity index (χ1n) is 5.35. The van der Waals surface area contributed by atoms with E-state index in [1.54, 1.807) is 14.0 Å². The number of nitro groups is 1. The topological polar surface area (TPSA) is 87.2 Å². The van der Waals surface area contributed by atoms with E-state index in [4.69, 9.17) is 5.26 Å². The van der Waals surface area contributed by atoms with Crippen LogP contribution in [-0.2, 0) is 0 Å². The number of hydrogen-bond acceptors (Lipinski definition) is 4. The van der Waals surface area contributed by atoms with Crippen molar-refractivity contribution >= 4 is 11.6 Å². The van der Waals surface area contributed by atoms with Gasteiger partial charge in [-0.15, -0.1) is 0 Å². The Labute approximate surface area is 105 Å².